The van der Waals surface area contributed by atoms with Crippen molar-refractivity contribution in [1.29, 1.82) is 0 Å². The van der Waals surface area contributed by atoms with Crippen LogP contribution in [-0.2, 0) is 14.3 Å². The van der Waals surface area contributed by atoms with Crippen molar-refractivity contribution in [2.45, 2.75) is 31.8 Å². The van der Waals surface area contributed by atoms with Gasteiger partial charge in [-0.1, -0.05) is 44.2 Å². The molecule has 0 saturated heterocycles. The molecule has 0 amide bonds. The first kappa shape index (κ1) is 13.4. The lowest BCUT2D eigenvalue weighted by Crippen LogP contribution is -2.26. The molecule has 0 radical (unpaired) electrons. The minimum Gasteiger partial charge on any atom is -0.323 e. The summed E-state index contributed by atoms with van der Waals surface area (Å²) < 4.78 is 16.4. The summed E-state index contributed by atoms with van der Waals surface area (Å²) in [4.78, 5) is 9.90. The van der Waals surface area contributed by atoms with Gasteiger partial charge in [-0.3, -0.25) is 4.57 Å². The van der Waals surface area contributed by atoms with Gasteiger partial charge in [0.1, 0.15) is 0 Å². The summed E-state index contributed by atoms with van der Waals surface area (Å²) in [5.41, 5.74) is 0.788. The second kappa shape index (κ2) is 5.11. The van der Waals surface area contributed by atoms with Crippen molar-refractivity contribution in [1.82, 2.24) is 0 Å². The zero-order chi connectivity index (χ0) is 12.2. The Morgan fingerprint density at radius 1 is 1.31 bits per heavy atom. The molecule has 1 rings (SSSR count). The zero-order valence-electron chi connectivity index (χ0n) is 9.59. The molecule has 0 fully saturated rings. The Hall–Kier alpha value is -0.670. The van der Waals surface area contributed by atoms with E-state index < -0.39 is 12.8 Å². The zero-order valence-corrected chi connectivity index (χ0v) is 10.5. The lowest BCUT2D eigenvalue weighted by Gasteiger charge is -2.34. The highest BCUT2D eigenvalue weighted by Gasteiger charge is 2.47. The maximum Gasteiger partial charge on any atom is 0.354 e. The SMILES string of the molecule is CCC(CC)(c1ccccc1)P(=O)(O)ON. The summed E-state index contributed by atoms with van der Waals surface area (Å²) in [6, 6.07) is 9.20. The van der Waals surface area contributed by atoms with Gasteiger partial charge in [-0.05, 0) is 18.4 Å². The van der Waals surface area contributed by atoms with Crippen molar-refractivity contribution in [2.75, 3.05) is 0 Å². The topological polar surface area (TPSA) is 72.5 Å². The van der Waals surface area contributed by atoms with Crippen molar-refractivity contribution in [3.63, 3.8) is 0 Å². The van der Waals surface area contributed by atoms with Gasteiger partial charge in [0.05, 0.1) is 5.16 Å². The highest BCUT2D eigenvalue weighted by Crippen LogP contribution is 2.63. The molecule has 0 saturated carbocycles. The Morgan fingerprint density at radius 3 is 2.19 bits per heavy atom. The first-order valence-electron chi connectivity index (χ1n) is 5.31. The Balaban J connectivity index is 3.33. The first-order chi connectivity index (χ1) is 7.54. The Morgan fingerprint density at radius 2 is 1.81 bits per heavy atom. The van der Waals surface area contributed by atoms with Crippen molar-refractivity contribution in [3.8, 4) is 0 Å². The summed E-state index contributed by atoms with van der Waals surface area (Å²) in [5.74, 6) is 4.97. The van der Waals surface area contributed by atoms with Crippen LogP contribution in [0.5, 0.6) is 0 Å². The molecule has 4 nitrogen and oxygen atoms in total. The molecular formula is C11H18NO3P. The molecule has 0 bridgehead atoms. The molecule has 0 aliphatic rings. The molecule has 1 atom stereocenters. The van der Waals surface area contributed by atoms with Gasteiger partial charge < -0.3 is 4.89 Å². The molecule has 0 aliphatic heterocycles. The predicted octanol–water partition coefficient (Wildman–Crippen LogP) is 2.78. The minimum absolute atomic E-state index is 0.499. The van der Waals surface area contributed by atoms with Crippen molar-refractivity contribution >= 4 is 7.60 Å². The van der Waals surface area contributed by atoms with Crippen molar-refractivity contribution in [2.24, 2.45) is 5.90 Å². The normalized spacial score (nSPS) is 15.8. The molecule has 0 heterocycles. The molecule has 0 aromatic heterocycles. The lowest BCUT2D eigenvalue weighted by molar-refractivity contribution is 0.234. The highest BCUT2D eigenvalue weighted by atomic mass is 31.2. The van der Waals surface area contributed by atoms with E-state index in [0.717, 1.165) is 5.56 Å². The van der Waals surface area contributed by atoms with Gasteiger partial charge >= 0.3 is 7.60 Å². The maximum absolute atomic E-state index is 12.1. The minimum atomic E-state index is -3.86. The van der Waals surface area contributed by atoms with Gasteiger partial charge in [0.15, 0.2) is 0 Å². The molecule has 1 aromatic rings. The van der Waals surface area contributed by atoms with E-state index in [2.05, 4.69) is 4.62 Å². The smallest absolute Gasteiger partial charge is 0.323 e. The summed E-state index contributed by atoms with van der Waals surface area (Å²) in [6.45, 7) is 3.72. The average molecular weight is 243 g/mol. The van der Waals surface area contributed by atoms with Crippen molar-refractivity contribution in [3.05, 3.63) is 35.9 Å². The van der Waals surface area contributed by atoms with Crippen LogP contribution in [0.3, 0.4) is 0 Å². The van der Waals surface area contributed by atoms with Crippen LogP contribution in [0.25, 0.3) is 0 Å². The van der Waals surface area contributed by atoms with Gasteiger partial charge in [-0.15, -0.1) is 0 Å². The van der Waals surface area contributed by atoms with E-state index in [-0.39, 0.29) is 0 Å². The summed E-state index contributed by atoms with van der Waals surface area (Å²) in [7, 11) is -3.86. The third kappa shape index (κ3) is 2.06. The third-order valence-electron chi connectivity index (χ3n) is 3.16. The molecule has 3 N–H and O–H groups in total. The van der Waals surface area contributed by atoms with E-state index >= 15 is 0 Å². The van der Waals surface area contributed by atoms with Crippen LogP contribution in [0, 0.1) is 0 Å². The molecule has 1 aromatic carbocycles. The quantitative estimate of drug-likeness (QED) is 0.616. The summed E-state index contributed by atoms with van der Waals surface area (Å²) in [6.07, 6.45) is 0.997. The predicted molar refractivity (Wildman–Crippen MR) is 63.8 cm³/mol. The highest BCUT2D eigenvalue weighted by molar-refractivity contribution is 7.54. The largest absolute Gasteiger partial charge is 0.354 e. The van der Waals surface area contributed by atoms with Crippen LogP contribution in [0.2, 0.25) is 0 Å². The molecule has 0 spiro atoms. The second-order valence-corrected chi connectivity index (χ2v) is 5.84. The van der Waals surface area contributed by atoms with Crippen molar-refractivity contribution < 1.29 is 14.1 Å². The van der Waals surface area contributed by atoms with Crippen LogP contribution in [0.4, 0.5) is 0 Å². The van der Waals surface area contributed by atoms with E-state index in [4.69, 9.17) is 5.90 Å². The Labute approximate surface area is 95.9 Å². The third-order valence-corrected chi connectivity index (χ3v) is 5.42. The first-order valence-corrected chi connectivity index (χ1v) is 6.88. The second-order valence-electron chi connectivity index (χ2n) is 3.73. The van der Waals surface area contributed by atoms with E-state index in [1.165, 1.54) is 0 Å². The maximum atomic E-state index is 12.1. The molecule has 90 valence electrons. The fourth-order valence-electron chi connectivity index (χ4n) is 2.07. The Bertz CT molecular complexity index is 376. The van der Waals surface area contributed by atoms with Crippen LogP contribution in [0.15, 0.2) is 30.3 Å². The monoisotopic (exact) mass is 243 g/mol. The Kier molecular flexibility index (Phi) is 4.28. The summed E-state index contributed by atoms with van der Waals surface area (Å²) in [5, 5.41) is -0.914. The number of benzene rings is 1. The van der Waals surface area contributed by atoms with Gasteiger partial charge in [-0.2, -0.15) is 0 Å². The van der Waals surface area contributed by atoms with Gasteiger partial charge in [0.25, 0.3) is 0 Å². The van der Waals surface area contributed by atoms with Gasteiger partial charge in [-0.25, -0.2) is 10.5 Å². The molecule has 16 heavy (non-hydrogen) atoms. The van der Waals surface area contributed by atoms with E-state index in [0.29, 0.717) is 12.8 Å². The van der Waals surface area contributed by atoms with E-state index in [1.807, 2.05) is 44.2 Å². The fourth-order valence-corrected chi connectivity index (χ4v) is 3.55. The lowest BCUT2D eigenvalue weighted by atomic mass is 9.93. The average Bonchev–Trinajstić information content (AvgIpc) is 2.32. The van der Waals surface area contributed by atoms with Crippen LogP contribution in [0.1, 0.15) is 32.3 Å². The van der Waals surface area contributed by atoms with Crippen LogP contribution in [-0.4, -0.2) is 4.89 Å². The molecule has 5 heteroatoms. The van der Waals surface area contributed by atoms with Gasteiger partial charge in [0.2, 0.25) is 0 Å². The molecule has 1 unspecified atom stereocenters. The van der Waals surface area contributed by atoms with Gasteiger partial charge in [0, 0.05) is 0 Å². The number of hydrogen-bond donors (Lipinski definition) is 2. The molecule has 0 aliphatic carbocycles. The van der Waals surface area contributed by atoms with E-state index in [9.17, 15) is 9.46 Å². The standard InChI is InChI=1S/C11H18NO3P/c1-3-11(4-2,16(13,14)15-12)10-8-6-5-7-9-10/h5-9H,3-4,12H2,1-2H3,(H,13,14). The van der Waals surface area contributed by atoms with E-state index in [1.54, 1.807) is 0 Å². The van der Waals surface area contributed by atoms with Crippen LogP contribution < -0.4 is 5.90 Å². The molecular weight excluding hydrogens is 225 g/mol. The number of rotatable bonds is 5. The van der Waals surface area contributed by atoms with Crippen LogP contribution >= 0.6 is 7.60 Å². The summed E-state index contributed by atoms with van der Waals surface area (Å²) >= 11 is 0. The number of nitrogens with two attached hydrogens (primary N) is 1. The number of hydrogen-bond acceptors (Lipinski definition) is 3. The fraction of sp³-hybridized carbons (Fsp3) is 0.455.